The van der Waals surface area contributed by atoms with Crippen LogP contribution in [0.25, 0.3) is 21.5 Å². The highest BCUT2D eigenvalue weighted by atomic mass is 35.5. The minimum Gasteiger partial charge on any atom is -0.495 e. The number of hydrogen-bond donors (Lipinski definition) is 2. The first-order valence-electron chi connectivity index (χ1n) is 19.8. The highest BCUT2D eigenvalue weighted by molar-refractivity contribution is 7.92. The Kier molecular flexibility index (Phi) is 17.1. The molecule has 5 aromatic rings. The van der Waals surface area contributed by atoms with E-state index in [-0.39, 0.29) is 53.3 Å². The standard InChI is InChI=1S/C25H25ClN2O5S.C23H28N2O4/c1-5-14-28(17(2)15-25(29)33-4)23-12-11-22(19-8-6-7-9-20(19)23)27-34(30,31)18-10-13-24(32-3)21(26)16-18;1-7-14-25(16(2)15-21(26)28-6)20-13-12-19(17-10-8-9-11-18(17)20)24-22(27)29-23(3,4)5/h1,6-13,16-17,27H,14-15H2,2-4H3;1,8-13,16H,14-15H2,2-6H3,(H,24,27)/t17-;16-/m00/s1. The number of rotatable bonds is 15. The second kappa shape index (κ2) is 22.0. The van der Waals surface area contributed by atoms with Crippen LogP contribution in [0.4, 0.5) is 27.5 Å². The number of nitrogens with one attached hydrogen (secondary N) is 2. The minimum atomic E-state index is -3.93. The van der Waals surface area contributed by atoms with Gasteiger partial charge in [0.25, 0.3) is 10.0 Å². The molecule has 0 aromatic heterocycles. The van der Waals surface area contributed by atoms with Crippen LogP contribution < -0.4 is 24.6 Å². The molecule has 0 bridgehead atoms. The fraction of sp³-hybridized carbons (Fsp3) is 0.312. The van der Waals surface area contributed by atoms with Gasteiger partial charge in [-0.1, -0.05) is 72.0 Å². The lowest BCUT2D eigenvalue weighted by Crippen LogP contribution is -2.35. The quantitative estimate of drug-likeness (QED) is 0.0588. The summed E-state index contributed by atoms with van der Waals surface area (Å²) in [6.07, 6.45) is 11.0. The van der Waals surface area contributed by atoms with Gasteiger partial charge in [-0.2, -0.15) is 0 Å². The predicted molar refractivity (Wildman–Crippen MR) is 251 cm³/mol. The van der Waals surface area contributed by atoms with E-state index >= 15 is 0 Å². The first-order valence-corrected chi connectivity index (χ1v) is 21.7. The van der Waals surface area contributed by atoms with Gasteiger partial charge >= 0.3 is 18.0 Å². The number of sulfonamides is 1. The number of methoxy groups -OCH3 is 3. The van der Waals surface area contributed by atoms with Crippen molar-refractivity contribution in [2.75, 3.05) is 54.3 Å². The average molecular weight is 897 g/mol. The SMILES string of the molecule is C#CCN(c1ccc(NC(=O)OC(C)(C)C)c2ccccc12)[C@@H](C)CC(=O)OC.C#CCN(c1ccc(NS(=O)(=O)c2ccc(OC)c(Cl)c2)c2ccccc12)[C@@H](C)CC(=O)OC. The number of fused-ring (bicyclic) bond motifs is 2. The monoisotopic (exact) mass is 896 g/mol. The number of esters is 2. The summed E-state index contributed by atoms with van der Waals surface area (Å²) in [6.45, 7) is 9.85. The second-order valence-electron chi connectivity index (χ2n) is 15.3. The third-order valence-electron chi connectivity index (χ3n) is 9.70. The zero-order valence-electron chi connectivity index (χ0n) is 36.7. The van der Waals surface area contributed by atoms with Crippen LogP contribution in [-0.2, 0) is 33.8 Å². The van der Waals surface area contributed by atoms with Crippen molar-refractivity contribution in [2.24, 2.45) is 0 Å². The fourth-order valence-electron chi connectivity index (χ4n) is 6.72. The number of terminal acetylenes is 2. The lowest BCUT2D eigenvalue weighted by molar-refractivity contribution is -0.141. The van der Waals surface area contributed by atoms with Gasteiger partial charge < -0.3 is 28.7 Å². The van der Waals surface area contributed by atoms with E-state index in [1.54, 1.807) is 12.1 Å². The molecule has 0 aliphatic rings. The van der Waals surface area contributed by atoms with Crippen LogP contribution >= 0.6 is 11.6 Å². The lowest BCUT2D eigenvalue weighted by atomic mass is 10.0. The summed E-state index contributed by atoms with van der Waals surface area (Å²) in [5, 5.41) is 6.22. The van der Waals surface area contributed by atoms with Crippen LogP contribution in [0.3, 0.4) is 0 Å². The molecule has 332 valence electrons. The second-order valence-corrected chi connectivity index (χ2v) is 17.4. The highest BCUT2D eigenvalue weighted by Crippen LogP contribution is 2.37. The summed E-state index contributed by atoms with van der Waals surface area (Å²) in [5.41, 5.74) is 2.10. The molecule has 2 N–H and O–H groups in total. The van der Waals surface area contributed by atoms with E-state index in [2.05, 4.69) is 21.9 Å². The predicted octanol–water partition coefficient (Wildman–Crippen LogP) is 9.27. The molecule has 5 aromatic carbocycles. The molecule has 0 saturated carbocycles. The van der Waals surface area contributed by atoms with Gasteiger partial charge in [-0.25, -0.2) is 13.2 Å². The largest absolute Gasteiger partial charge is 0.495 e. The van der Waals surface area contributed by atoms with Gasteiger partial charge in [0.15, 0.2) is 0 Å². The van der Waals surface area contributed by atoms with Gasteiger partial charge in [0.2, 0.25) is 0 Å². The summed E-state index contributed by atoms with van der Waals surface area (Å²) < 4.78 is 48.9. The molecule has 0 aliphatic heterocycles. The van der Waals surface area contributed by atoms with Crippen LogP contribution in [0.5, 0.6) is 5.75 Å². The van der Waals surface area contributed by atoms with Crippen molar-refractivity contribution >= 4 is 84.0 Å². The number of hydrogen-bond acceptors (Lipinski definition) is 11. The van der Waals surface area contributed by atoms with E-state index < -0.39 is 21.7 Å². The molecular weight excluding hydrogens is 844 g/mol. The third-order valence-corrected chi connectivity index (χ3v) is 11.4. The molecule has 63 heavy (non-hydrogen) atoms. The molecule has 1 amide bonds. The molecule has 0 unspecified atom stereocenters. The van der Waals surface area contributed by atoms with Crippen molar-refractivity contribution in [1.29, 1.82) is 0 Å². The smallest absolute Gasteiger partial charge is 0.412 e. The van der Waals surface area contributed by atoms with E-state index in [0.29, 0.717) is 29.1 Å². The topological polar surface area (TPSA) is 153 Å². The van der Waals surface area contributed by atoms with Gasteiger partial charge in [0.1, 0.15) is 11.4 Å². The number of carbonyl (C=O) groups excluding carboxylic acids is 3. The minimum absolute atomic E-state index is 0.00659. The number of halogens is 1. The third kappa shape index (κ3) is 13.0. The van der Waals surface area contributed by atoms with Crippen molar-refractivity contribution in [2.45, 2.75) is 70.0 Å². The van der Waals surface area contributed by atoms with Crippen molar-refractivity contribution in [3.05, 3.63) is 96.0 Å². The summed E-state index contributed by atoms with van der Waals surface area (Å²) in [6, 6.07) is 26.1. The molecule has 0 heterocycles. The van der Waals surface area contributed by atoms with Crippen molar-refractivity contribution in [3.8, 4) is 30.4 Å². The van der Waals surface area contributed by atoms with Crippen molar-refractivity contribution in [1.82, 2.24) is 0 Å². The first-order chi connectivity index (χ1) is 29.9. The Balaban J connectivity index is 0.000000280. The Hall–Kier alpha value is -6.61. The molecule has 13 nitrogen and oxygen atoms in total. The lowest BCUT2D eigenvalue weighted by Gasteiger charge is -2.30. The molecular formula is C48H53ClN4O9S. The van der Waals surface area contributed by atoms with Gasteiger partial charge in [-0.05, 0) is 77.1 Å². The van der Waals surface area contributed by atoms with Gasteiger partial charge in [0, 0.05) is 45.0 Å². The number of anilines is 4. The molecule has 0 spiro atoms. The molecule has 0 aliphatic carbocycles. The number of carbonyl (C=O) groups is 3. The molecule has 0 fully saturated rings. The average Bonchev–Trinajstić information content (AvgIpc) is 3.24. The first kappa shape index (κ1) is 49.0. The van der Waals surface area contributed by atoms with Gasteiger partial charge in [-0.3, -0.25) is 19.6 Å². The van der Waals surface area contributed by atoms with E-state index in [1.165, 1.54) is 39.5 Å². The van der Waals surface area contributed by atoms with Crippen LogP contribution in [0.2, 0.25) is 5.02 Å². The normalized spacial score (nSPS) is 12.0. The summed E-state index contributed by atoms with van der Waals surface area (Å²) >= 11 is 6.12. The Morgan fingerprint density at radius 3 is 1.60 bits per heavy atom. The zero-order chi connectivity index (χ0) is 46.5. The number of amides is 1. The summed E-state index contributed by atoms with van der Waals surface area (Å²) in [4.78, 5) is 39.7. The fourth-order valence-corrected chi connectivity index (χ4v) is 8.15. The maximum absolute atomic E-state index is 13.1. The van der Waals surface area contributed by atoms with Crippen LogP contribution in [0.1, 0.15) is 47.5 Å². The molecule has 2 atom stereocenters. The zero-order valence-corrected chi connectivity index (χ0v) is 38.2. The van der Waals surface area contributed by atoms with E-state index in [0.717, 1.165) is 27.5 Å². The van der Waals surface area contributed by atoms with Crippen LogP contribution in [0, 0.1) is 24.7 Å². The molecule has 15 heteroatoms. The molecule has 0 saturated heterocycles. The molecule has 5 rings (SSSR count). The Morgan fingerprint density at radius 2 is 1.17 bits per heavy atom. The summed E-state index contributed by atoms with van der Waals surface area (Å²) in [7, 11) is 0.235. The van der Waals surface area contributed by atoms with Gasteiger partial charge in [-0.15, -0.1) is 12.8 Å². The number of benzene rings is 5. The highest BCUT2D eigenvalue weighted by Gasteiger charge is 2.24. The van der Waals surface area contributed by atoms with E-state index in [9.17, 15) is 22.8 Å². The number of nitrogens with zero attached hydrogens (tertiary/aromatic N) is 2. The van der Waals surface area contributed by atoms with E-state index in [4.69, 9.17) is 43.4 Å². The number of ether oxygens (including phenoxy) is 4. The van der Waals surface area contributed by atoms with Crippen molar-refractivity contribution in [3.63, 3.8) is 0 Å². The Labute approximate surface area is 375 Å². The maximum Gasteiger partial charge on any atom is 0.412 e. The maximum atomic E-state index is 13.1. The van der Waals surface area contributed by atoms with Crippen molar-refractivity contribution < 1.29 is 41.7 Å². The summed E-state index contributed by atoms with van der Waals surface area (Å²) in [5.74, 6) is 5.03. The van der Waals surface area contributed by atoms with E-state index in [1.807, 2.05) is 105 Å². The Bertz CT molecular complexity index is 2630. The van der Waals surface area contributed by atoms with Gasteiger partial charge in [0.05, 0.1) is 68.6 Å². The Morgan fingerprint density at radius 1 is 0.714 bits per heavy atom. The van der Waals surface area contributed by atoms with Crippen LogP contribution in [-0.4, -0.2) is 78.6 Å². The molecule has 0 radical (unpaired) electrons. The van der Waals surface area contributed by atoms with Crippen LogP contribution in [0.15, 0.2) is 95.9 Å².